The highest BCUT2D eigenvalue weighted by Gasteiger charge is 2.23. The first-order valence-corrected chi connectivity index (χ1v) is 10.1. The van der Waals surface area contributed by atoms with E-state index >= 15 is 0 Å². The fraction of sp³-hybridized carbons (Fsp3) is 0.450. The van der Waals surface area contributed by atoms with E-state index < -0.39 is 0 Å². The first-order valence-electron chi connectivity index (χ1n) is 9.20. The second-order valence-electron chi connectivity index (χ2n) is 6.52. The van der Waals surface area contributed by atoms with Gasteiger partial charge in [0.05, 0.1) is 19.7 Å². The van der Waals surface area contributed by atoms with Gasteiger partial charge in [-0.25, -0.2) is 0 Å². The normalized spacial score (nSPS) is 16.0. The Hall–Kier alpha value is -1.32. The van der Waals surface area contributed by atoms with Crippen molar-refractivity contribution in [2.75, 3.05) is 33.3 Å². The molecule has 2 heterocycles. The van der Waals surface area contributed by atoms with Gasteiger partial charge in [0.25, 0.3) is 0 Å². The zero-order valence-corrected chi connectivity index (χ0v) is 18.9. The van der Waals surface area contributed by atoms with Crippen molar-refractivity contribution >= 4 is 41.3 Å². The number of nitrogens with two attached hydrogens (primary N) is 1. The number of nitrogens with zero attached hydrogens (tertiary/aromatic N) is 2. The van der Waals surface area contributed by atoms with E-state index in [2.05, 4.69) is 44.9 Å². The van der Waals surface area contributed by atoms with Crippen molar-refractivity contribution in [1.82, 2.24) is 10.2 Å². The van der Waals surface area contributed by atoms with E-state index in [-0.39, 0.29) is 30.0 Å². The standard InChI is InChI=1S/C20H28N4OS.HI/c1-25-17-7-4-6-16(14-17)19(24-11-2-3-12-24)15-23-20(21)22-10-9-18-8-5-13-26-18;/h4-8,13-14,19H,2-3,9-12,15H2,1H3,(H3,21,22,23);1H. The number of hydrogen-bond acceptors (Lipinski definition) is 4. The Morgan fingerprint density at radius 1 is 1.30 bits per heavy atom. The molecule has 0 radical (unpaired) electrons. The molecular formula is C20H29IN4OS. The first-order chi connectivity index (χ1) is 12.8. The van der Waals surface area contributed by atoms with E-state index in [9.17, 15) is 0 Å². The predicted molar refractivity (Wildman–Crippen MR) is 124 cm³/mol. The molecule has 0 saturated carbocycles. The van der Waals surface area contributed by atoms with Crippen LogP contribution in [-0.2, 0) is 6.42 Å². The molecule has 1 fully saturated rings. The predicted octanol–water partition coefficient (Wildman–Crippen LogP) is 3.66. The van der Waals surface area contributed by atoms with Crippen LogP contribution >= 0.6 is 35.3 Å². The minimum Gasteiger partial charge on any atom is -0.497 e. The maximum atomic E-state index is 6.09. The van der Waals surface area contributed by atoms with Gasteiger partial charge in [-0.1, -0.05) is 18.2 Å². The smallest absolute Gasteiger partial charge is 0.188 e. The van der Waals surface area contributed by atoms with Crippen LogP contribution in [0.25, 0.3) is 0 Å². The van der Waals surface area contributed by atoms with Crippen molar-refractivity contribution in [2.45, 2.75) is 25.3 Å². The number of likely N-dealkylation sites (tertiary alicyclic amines) is 1. The summed E-state index contributed by atoms with van der Waals surface area (Å²) in [6.07, 6.45) is 3.47. The van der Waals surface area contributed by atoms with Crippen LogP contribution in [-0.4, -0.2) is 44.1 Å². The molecule has 5 nitrogen and oxygen atoms in total. The maximum Gasteiger partial charge on any atom is 0.188 e. The Labute approximate surface area is 183 Å². The van der Waals surface area contributed by atoms with Crippen LogP contribution in [0.4, 0.5) is 0 Å². The van der Waals surface area contributed by atoms with Gasteiger partial charge < -0.3 is 15.8 Å². The summed E-state index contributed by atoms with van der Waals surface area (Å²) < 4.78 is 5.39. The minimum absolute atomic E-state index is 0. The van der Waals surface area contributed by atoms with Crippen LogP contribution in [0.1, 0.15) is 29.3 Å². The average molecular weight is 500 g/mol. The summed E-state index contributed by atoms with van der Waals surface area (Å²) in [6, 6.07) is 12.8. The van der Waals surface area contributed by atoms with E-state index in [1.807, 2.05) is 12.1 Å². The summed E-state index contributed by atoms with van der Waals surface area (Å²) in [5.74, 6) is 1.41. The molecule has 0 spiro atoms. The number of hydrogen-bond donors (Lipinski definition) is 2. The summed E-state index contributed by atoms with van der Waals surface area (Å²) in [7, 11) is 1.71. The number of benzene rings is 1. The van der Waals surface area contributed by atoms with Crippen LogP contribution in [0, 0.1) is 0 Å². The molecule has 1 unspecified atom stereocenters. The molecule has 3 N–H and O–H groups in total. The second-order valence-corrected chi connectivity index (χ2v) is 7.55. The summed E-state index contributed by atoms with van der Waals surface area (Å²) in [6.45, 7) is 3.70. The molecular weight excluding hydrogens is 471 g/mol. The SMILES string of the molecule is COc1cccc(C(CN=C(N)NCCc2cccs2)N2CCCC2)c1.I. The Balaban J connectivity index is 0.00000261. The number of aliphatic imine (C=N–C) groups is 1. The van der Waals surface area contributed by atoms with Crippen LogP contribution < -0.4 is 15.8 Å². The van der Waals surface area contributed by atoms with E-state index in [0.717, 1.165) is 31.8 Å². The van der Waals surface area contributed by atoms with Crippen molar-refractivity contribution in [3.8, 4) is 5.75 Å². The largest absolute Gasteiger partial charge is 0.497 e. The molecule has 0 amide bonds. The third-order valence-electron chi connectivity index (χ3n) is 4.75. The molecule has 3 rings (SSSR count). The highest BCUT2D eigenvalue weighted by molar-refractivity contribution is 14.0. The lowest BCUT2D eigenvalue weighted by atomic mass is 10.1. The summed E-state index contributed by atoms with van der Waals surface area (Å²) >= 11 is 1.77. The van der Waals surface area contributed by atoms with Crippen molar-refractivity contribution in [3.05, 3.63) is 52.2 Å². The highest BCUT2D eigenvalue weighted by Crippen LogP contribution is 2.27. The van der Waals surface area contributed by atoms with E-state index in [1.54, 1.807) is 18.4 Å². The van der Waals surface area contributed by atoms with Crippen LogP contribution in [0.2, 0.25) is 0 Å². The van der Waals surface area contributed by atoms with E-state index in [4.69, 9.17) is 10.5 Å². The molecule has 1 aromatic heterocycles. The first kappa shape index (κ1) is 22.0. The number of guanidine groups is 1. The summed E-state index contributed by atoms with van der Waals surface area (Å²) in [4.78, 5) is 8.48. The number of rotatable bonds is 8. The van der Waals surface area contributed by atoms with Gasteiger partial charge in [-0.3, -0.25) is 9.89 Å². The van der Waals surface area contributed by atoms with Crippen molar-refractivity contribution in [1.29, 1.82) is 0 Å². The molecule has 148 valence electrons. The Kier molecular flexibility index (Phi) is 9.36. The van der Waals surface area contributed by atoms with Crippen molar-refractivity contribution in [3.63, 3.8) is 0 Å². The molecule has 1 saturated heterocycles. The molecule has 1 aliphatic heterocycles. The van der Waals surface area contributed by atoms with Crippen LogP contribution in [0.3, 0.4) is 0 Å². The number of nitrogens with one attached hydrogen (secondary N) is 1. The van der Waals surface area contributed by atoms with Crippen LogP contribution in [0.15, 0.2) is 46.8 Å². The molecule has 27 heavy (non-hydrogen) atoms. The van der Waals surface area contributed by atoms with Gasteiger partial charge in [-0.2, -0.15) is 0 Å². The quantitative estimate of drug-likeness (QED) is 0.330. The molecule has 2 aromatic rings. The molecule has 7 heteroatoms. The maximum absolute atomic E-state index is 6.09. The highest BCUT2D eigenvalue weighted by atomic mass is 127. The van der Waals surface area contributed by atoms with Gasteiger partial charge >= 0.3 is 0 Å². The summed E-state index contributed by atoms with van der Waals surface area (Å²) in [5, 5.41) is 5.33. The average Bonchev–Trinajstić information content (AvgIpc) is 3.36. The fourth-order valence-corrected chi connectivity index (χ4v) is 4.05. The van der Waals surface area contributed by atoms with Gasteiger partial charge in [-0.05, 0) is 61.5 Å². The summed E-state index contributed by atoms with van der Waals surface area (Å²) in [5.41, 5.74) is 7.33. The monoisotopic (exact) mass is 500 g/mol. The Bertz CT molecular complexity index is 702. The lowest BCUT2D eigenvalue weighted by molar-refractivity contribution is 0.251. The molecule has 1 aliphatic rings. The van der Waals surface area contributed by atoms with Crippen molar-refractivity contribution < 1.29 is 4.74 Å². The lowest BCUT2D eigenvalue weighted by Gasteiger charge is -2.27. The molecule has 1 aromatic carbocycles. The zero-order valence-electron chi connectivity index (χ0n) is 15.8. The Morgan fingerprint density at radius 2 is 2.11 bits per heavy atom. The number of halogens is 1. The fourth-order valence-electron chi connectivity index (χ4n) is 3.34. The van der Waals surface area contributed by atoms with Gasteiger partial charge in [0.2, 0.25) is 0 Å². The topological polar surface area (TPSA) is 62.9 Å². The third kappa shape index (κ3) is 6.65. The van der Waals surface area contributed by atoms with Gasteiger partial charge in [0.1, 0.15) is 5.75 Å². The number of methoxy groups -OCH3 is 1. The lowest BCUT2D eigenvalue weighted by Crippen LogP contribution is -2.35. The molecule has 0 bridgehead atoms. The van der Waals surface area contributed by atoms with Crippen molar-refractivity contribution in [2.24, 2.45) is 10.7 Å². The minimum atomic E-state index is 0. The van der Waals surface area contributed by atoms with Crippen LogP contribution in [0.5, 0.6) is 5.75 Å². The third-order valence-corrected chi connectivity index (χ3v) is 5.69. The molecule has 1 atom stereocenters. The molecule has 0 aliphatic carbocycles. The second kappa shape index (κ2) is 11.5. The zero-order chi connectivity index (χ0) is 18.2. The van der Waals surface area contributed by atoms with Gasteiger partial charge in [0.15, 0.2) is 5.96 Å². The van der Waals surface area contributed by atoms with E-state index in [1.165, 1.54) is 23.3 Å². The van der Waals surface area contributed by atoms with Gasteiger partial charge in [-0.15, -0.1) is 35.3 Å². The number of ether oxygens (including phenoxy) is 1. The van der Waals surface area contributed by atoms with Gasteiger partial charge in [0, 0.05) is 11.4 Å². The Morgan fingerprint density at radius 3 is 2.81 bits per heavy atom. The van der Waals surface area contributed by atoms with E-state index in [0.29, 0.717) is 12.5 Å². The number of thiophene rings is 1.